The predicted molar refractivity (Wildman–Crippen MR) is 64.4 cm³/mol. The molecule has 1 unspecified atom stereocenters. The fourth-order valence-electron chi connectivity index (χ4n) is 1.70. The Morgan fingerprint density at radius 2 is 2.05 bits per heavy atom. The Kier molecular flexibility index (Phi) is 3.46. The number of nitrogens with two attached hydrogens (primary N) is 1. The van der Waals surface area contributed by atoms with E-state index in [0.29, 0.717) is 0 Å². The predicted octanol–water partition coefficient (Wildman–Crippen LogP) is -0.227. The largest absolute Gasteiger partial charge is 0.480 e. The second kappa shape index (κ2) is 5.05. The van der Waals surface area contributed by atoms with E-state index in [1.54, 1.807) is 0 Å². The number of carboxylic acids is 1. The zero-order valence-corrected chi connectivity index (χ0v) is 10.00. The van der Waals surface area contributed by atoms with E-state index in [0.717, 1.165) is 12.8 Å². The standard InChI is InChI=1S/C12H13N3O4/c13-10(16)7-3-4-8(14-5-7)11(17)15-9(12(18)19)6-1-2-6/h3-6,9H,1-2H2,(H2,13,16)(H,15,17)(H,18,19). The Morgan fingerprint density at radius 1 is 1.37 bits per heavy atom. The van der Waals surface area contributed by atoms with Crippen molar-refractivity contribution in [3.63, 3.8) is 0 Å². The highest BCUT2D eigenvalue weighted by Crippen LogP contribution is 2.32. The van der Waals surface area contributed by atoms with Crippen molar-refractivity contribution in [3.05, 3.63) is 29.6 Å². The number of nitrogens with one attached hydrogen (secondary N) is 1. The van der Waals surface area contributed by atoms with E-state index < -0.39 is 23.8 Å². The highest BCUT2D eigenvalue weighted by molar-refractivity contribution is 5.96. The van der Waals surface area contributed by atoms with Gasteiger partial charge in [0.15, 0.2) is 0 Å². The lowest BCUT2D eigenvalue weighted by atomic mass is 10.1. The average molecular weight is 263 g/mol. The molecule has 4 N–H and O–H groups in total. The molecule has 0 aromatic carbocycles. The van der Waals surface area contributed by atoms with E-state index in [1.165, 1.54) is 18.3 Å². The minimum atomic E-state index is -1.05. The van der Waals surface area contributed by atoms with Crippen molar-refractivity contribution in [1.82, 2.24) is 10.3 Å². The van der Waals surface area contributed by atoms with E-state index >= 15 is 0 Å². The molecular weight excluding hydrogens is 250 g/mol. The van der Waals surface area contributed by atoms with E-state index in [4.69, 9.17) is 10.8 Å². The van der Waals surface area contributed by atoms with Gasteiger partial charge in [0.1, 0.15) is 11.7 Å². The van der Waals surface area contributed by atoms with Crippen LogP contribution < -0.4 is 11.1 Å². The highest BCUT2D eigenvalue weighted by Gasteiger charge is 2.37. The minimum Gasteiger partial charge on any atom is -0.480 e. The zero-order chi connectivity index (χ0) is 14.0. The number of aliphatic carboxylic acids is 1. The second-order valence-corrected chi connectivity index (χ2v) is 4.42. The molecule has 1 saturated carbocycles. The van der Waals surface area contributed by atoms with Crippen molar-refractivity contribution in [2.24, 2.45) is 11.7 Å². The molecule has 7 nitrogen and oxygen atoms in total. The zero-order valence-electron chi connectivity index (χ0n) is 10.00. The number of carbonyl (C=O) groups excluding carboxylic acids is 2. The maximum absolute atomic E-state index is 11.8. The molecule has 1 aliphatic carbocycles. The number of carbonyl (C=O) groups is 3. The quantitative estimate of drug-likeness (QED) is 0.677. The molecule has 1 atom stereocenters. The molecule has 19 heavy (non-hydrogen) atoms. The van der Waals surface area contributed by atoms with Gasteiger partial charge in [-0.15, -0.1) is 0 Å². The van der Waals surface area contributed by atoms with E-state index in [2.05, 4.69) is 10.3 Å². The third-order valence-corrected chi connectivity index (χ3v) is 2.93. The molecule has 7 heteroatoms. The molecule has 2 amide bonds. The fourth-order valence-corrected chi connectivity index (χ4v) is 1.70. The topological polar surface area (TPSA) is 122 Å². The van der Waals surface area contributed by atoms with E-state index in [-0.39, 0.29) is 17.2 Å². The first-order chi connectivity index (χ1) is 8.99. The van der Waals surface area contributed by atoms with Gasteiger partial charge >= 0.3 is 5.97 Å². The van der Waals surface area contributed by atoms with Crippen molar-refractivity contribution in [2.75, 3.05) is 0 Å². The number of pyridine rings is 1. The molecule has 1 aromatic heterocycles. The van der Waals surface area contributed by atoms with Crippen LogP contribution in [0.3, 0.4) is 0 Å². The van der Waals surface area contributed by atoms with Crippen LogP contribution in [0.2, 0.25) is 0 Å². The molecule has 0 saturated heterocycles. The van der Waals surface area contributed by atoms with Gasteiger partial charge in [-0.2, -0.15) is 0 Å². The first-order valence-corrected chi connectivity index (χ1v) is 5.78. The normalized spacial score (nSPS) is 15.6. The molecular formula is C12H13N3O4. The molecule has 100 valence electrons. The van der Waals surface area contributed by atoms with Gasteiger partial charge in [0.2, 0.25) is 5.91 Å². The molecule has 0 aliphatic heterocycles. The molecule has 0 spiro atoms. The van der Waals surface area contributed by atoms with E-state index in [9.17, 15) is 14.4 Å². The van der Waals surface area contributed by atoms with Crippen LogP contribution in [0.1, 0.15) is 33.7 Å². The van der Waals surface area contributed by atoms with Gasteiger partial charge in [-0.25, -0.2) is 4.79 Å². The van der Waals surface area contributed by atoms with Gasteiger partial charge in [-0.05, 0) is 30.9 Å². The van der Waals surface area contributed by atoms with Gasteiger partial charge in [0.25, 0.3) is 5.91 Å². The average Bonchev–Trinajstić information content (AvgIpc) is 3.19. The van der Waals surface area contributed by atoms with Crippen molar-refractivity contribution in [2.45, 2.75) is 18.9 Å². The summed E-state index contributed by atoms with van der Waals surface area (Å²) >= 11 is 0. The summed E-state index contributed by atoms with van der Waals surface area (Å²) in [6.45, 7) is 0. The third kappa shape index (κ3) is 3.06. The number of hydrogen-bond acceptors (Lipinski definition) is 4. The molecule has 1 heterocycles. The molecule has 0 radical (unpaired) electrons. The van der Waals surface area contributed by atoms with Gasteiger partial charge in [-0.1, -0.05) is 0 Å². The van der Waals surface area contributed by atoms with Gasteiger partial charge in [0, 0.05) is 6.20 Å². The molecule has 1 aromatic rings. The second-order valence-electron chi connectivity index (χ2n) is 4.42. The SMILES string of the molecule is NC(=O)c1ccc(C(=O)NC(C(=O)O)C2CC2)nc1. The van der Waals surface area contributed by atoms with Gasteiger partial charge < -0.3 is 16.2 Å². The van der Waals surface area contributed by atoms with Crippen molar-refractivity contribution >= 4 is 17.8 Å². The van der Waals surface area contributed by atoms with Crippen LogP contribution in [0.15, 0.2) is 18.3 Å². The van der Waals surface area contributed by atoms with Crippen molar-refractivity contribution in [3.8, 4) is 0 Å². The van der Waals surface area contributed by atoms with Crippen molar-refractivity contribution < 1.29 is 19.5 Å². The lowest BCUT2D eigenvalue weighted by molar-refractivity contribution is -0.139. The highest BCUT2D eigenvalue weighted by atomic mass is 16.4. The number of rotatable bonds is 5. The van der Waals surface area contributed by atoms with E-state index in [1.807, 2.05) is 0 Å². The van der Waals surface area contributed by atoms with Crippen LogP contribution >= 0.6 is 0 Å². The van der Waals surface area contributed by atoms with Crippen LogP contribution in [0.5, 0.6) is 0 Å². The molecule has 0 bridgehead atoms. The first-order valence-electron chi connectivity index (χ1n) is 5.78. The monoisotopic (exact) mass is 263 g/mol. The summed E-state index contributed by atoms with van der Waals surface area (Å²) in [7, 11) is 0. The number of hydrogen-bond donors (Lipinski definition) is 3. The maximum Gasteiger partial charge on any atom is 0.326 e. The smallest absolute Gasteiger partial charge is 0.326 e. The summed E-state index contributed by atoms with van der Waals surface area (Å²) in [5.74, 6) is -2.27. The van der Waals surface area contributed by atoms with Crippen molar-refractivity contribution in [1.29, 1.82) is 0 Å². The minimum absolute atomic E-state index is 0.00802. The van der Waals surface area contributed by atoms with Crippen LogP contribution in [-0.4, -0.2) is 33.9 Å². The summed E-state index contributed by atoms with van der Waals surface area (Å²) in [5.41, 5.74) is 5.29. The number of primary amides is 1. The lowest BCUT2D eigenvalue weighted by Crippen LogP contribution is -2.42. The van der Waals surface area contributed by atoms with Crippen LogP contribution in [-0.2, 0) is 4.79 Å². The number of carboxylic acid groups (broad SMARTS) is 1. The molecule has 2 rings (SSSR count). The Labute approximate surface area is 108 Å². The lowest BCUT2D eigenvalue weighted by Gasteiger charge is -2.13. The summed E-state index contributed by atoms with van der Waals surface area (Å²) in [5, 5.41) is 11.4. The third-order valence-electron chi connectivity index (χ3n) is 2.93. The first kappa shape index (κ1) is 13.0. The van der Waals surface area contributed by atoms with Crippen LogP contribution in [0.25, 0.3) is 0 Å². The summed E-state index contributed by atoms with van der Waals surface area (Å²) in [4.78, 5) is 37.5. The maximum atomic E-state index is 11.8. The summed E-state index contributed by atoms with van der Waals surface area (Å²) in [6.07, 6.45) is 2.78. The Hall–Kier alpha value is -2.44. The summed E-state index contributed by atoms with van der Waals surface area (Å²) < 4.78 is 0. The number of amides is 2. The molecule has 1 fully saturated rings. The molecule has 1 aliphatic rings. The number of aromatic nitrogens is 1. The van der Waals surface area contributed by atoms with Crippen LogP contribution in [0.4, 0.5) is 0 Å². The van der Waals surface area contributed by atoms with Gasteiger partial charge in [-0.3, -0.25) is 14.6 Å². The van der Waals surface area contributed by atoms with Gasteiger partial charge in [0.05, 0.1) is 5.56 Å². The number of nitrogens with zero attached hydrogens (tertiary/aromatic N) is 1. The summed E-state index contributed by atoms with van der Waals surface area (Å²) in [6, 6.07) is 1.82. The Morgan fingerprint density at radius 3 is 2.47 bits per heavy atom. The Bertz CT molecular complexity index is 522. The Balaban J connectivity index is 2.06. The van der Waals surface area contributed by atoms with Crippen LogP contribution in [0, 0.1) is 5.92 Å². The fraction of sp³-hybridized carbons (Fsp3) is 0.333.